The first-order valence-electron chi connectivity index (χ1n) is 11.4. The van der Waals surface area contributed by atoms with Crippen LogP contribution in [0.5, 0.6) is 0 Å². The number of nitrogens with zero attached hydrogens (tertiary/aromatic N) is 1. The molecule has 0 radical (unpaired) electrons. The summed E-state index contributed by atoms with van der Waals surface area (Å²) in [5.41, 5.74) is -0.349. The van der Waals surface area contributed by atoms with Crippen LogP contribution in [0, 0.1) is 11.3 Å². The second-order valence-corrected chi connectivity index (χ2v) is 8.63. The number of aromatic carboxylic acids is 1. The maximum Gasteiger partial charge on any atom is 0.428 e. The summed E-state index contributed by atoms with van der Waals surface area (Å²) in [6.07, 6.45) is 1.60. The molecule has 0 saturated carbocycles. The molecule has 0 bridgehead atoms. The zero-order valence-electron chi connectivity index (χ0n) is 19.9. The van der Waals surface area contributed by atoms with Crippen molar-refractivity contribution in [3.8, 4) is 0 Å². The molecular formula is C24H30N3O8+. The summed E-state index contributed by atoms with van der Waals surface area (Å²) in [5, 5.41) is 19.5. The number of urea groups is 1. The van der Waals surface area contributed by atoms with Gasteiger partial charge in [-0.15, -0.1) is 0 Å². The summed E-state index contributed by atoms with van der Waals surface area (Å²) in [5.74, 6) is -2.84. The Morgan fingerprint density at radius 3 is 2.49 bits per heavy atom. The minimum atomic E-state index is -1.28. The summed E-state index contributed by atoms with van der Waals surface area (Å²) in [6, 6.07) is 5.09. The van der Waals surface area contributed by atoms with Gasteiger partial charge in [-0.3, -0.25) is 15.5 Å². The smallest absolute Gasteiger partial charge is 0.428 e. The second kappa shape index (κ2) is 10.8. The van der Waals surface area contributed by atoms with Crippen LogP contribution in [0.25, 0.3) is 0 Å². The lowest BCUT2D eigenvalue weighted by molar-refractivity contribution is -0.835. The summed E-state index contributed by atoms with van der Waals surface area (Å²) in [7, 11) is 1.54. The fourth-order valence-corrected chi connectivity index (χ4v) is 4.14. The Labute approximate surface area is 202 Å². The van der Waals surface area contributed by atoms with Crippen LogP contribution in [0.2, 0.25) is 0 Å². The molecule has 2 amide bonds. The number of carbonyl (C=O) groups is 4. The van der Waals surface area contributed by atoms with Crippen LogP contribution in [0.4, 0.5) is 4.79 Å². The van der Waals surface area contributed by atoms with Gasteiger partial charge < -0.3 is 19.3 Å². The largest absolute Gasteiger partial charge is 0.478 e. The summed E-state index contributed by atoms with van der Waals surface area (Å²) < 4.78 is 16.7. The molecule has 0 spiro atoms. The monoisotopic (exact) mass is 488 g/mol. The Kier molecular flexibility index (Phi) is 8.03. The van der Waals surface area contributed by atoms with Gasteiger partial charge in [0.2, 0.25) is 6.23 Å². The van der Waals surface area contributed by atoms with Crippen molar-refractivity contribution in [2.24, 2.45) is 5.92 Å². The third kappa shape index (κ3) is 5.57. The van der Waals surface area contributed by atoms with Gasteiger partial charge in [0, 0.05) is 12.5 Å². The Balaban J connectivity index is 1.83. The van der Waals surface area contributed by atoms with Crippen molar-refractivity contribution in [1.29, 1.82) is 5.41 Å². The lowest BCUT2D eigenvalue weighted by Gasteiger charge is -2.36. The van der Waals surface area contributed by atoms with Crippen LogP contribution in [0.3, 0.4) is 0 Å². The molecule has 4 atom stereocenters. The van der Waals surface area contributed by atoms with Crippen LogP contribution in [-0.4, -0.2) is 71.5 Å². The van der Waals surface area contributed by atoms with Crippen molar-refractivity contribution in [2.45, 2.75) is 51.5 Å². The molecule has 1 saturated heterocycles. The van der Waals surface area contributed by atoms with E-state index in [4.69, 9.17) is 19.6 Å². The predicted molar refractivity (Wildman–Crippen MR) is 122 cm³/mol. The van der Waals surface area contributed by atoms with E-state index in [2.05, 4.69) is 5.32 Å². The third-order valence-corrected chi connectivity index (χ3v) is 6.27. The minimum Gasteiger partial charge on any atom is -0.478 e. The van der Waals surface area contributed by atoms with Gasteiger partial charge in [-0.2, -0.15) is 4.48 Å². The number of amides is 2. The molecule has 1 unspecified atom stereocenters. The first-order chi connectivity index (χ1) is 16.6. The molecule has 2 aliphatic rings. The average molecular weight is 489 g/mol. The van der Waals surface area contributed by atoms with Gasteiger partial charge in [0.15, 0.2) is 6.10 Å². The highest BCUT2D eigenvalue weighted by Crippen LogP contribution is 2.33. The summed E-state index contributed by atoms with van der Waals surface area (Å²) in [6.45, 7) is 3.70. The lowest BCUT2D eigenvalue weighted by Crippen LogP contribution is -2.62. The topological polar surface area (TPSA) is 152 Å². The molecule has 3 rings (SSSR count). The van der Waals surface area contributed by atoms with Crippen LogP contribution in [0.15, 0.2) is 36.5 Å². The number of amidine groups is 1. The number of benzene rings is 1. The first-order valence-corrected chi connectivity index (χ1v) is 11.4. The SMILES string of the molecule is CCC(CC)C(=O)OC[C@@H]1C[C@@H](OC(=O)c2ccccc2C(=O)O)[C@H]([N+]2(C)C=CC(=N)NC2=O)O1. The van der Waals surface area contributed by atoms with E-state index in [-0.39, 0.29) is 41.9 Å². The maximum absolute atomic E-state index is 12.9. The van der Waals surface area contributed by atoms with Crippen LogP contribution < -0.4 is 5.32 Å². The van der Waals surface area contributed by atoms with Crippen molar-refractivity contribution in [3.63, 3.8) is 0 Å². The van der Waals surface area contributed by atoms with E-state index in [9.17, 15) is 24.3 Å². The molecule has 1 aromatic rings. The van der Waals surface area contributed by atoms with Crippen LogP contribution in [0.1, 0.15) is 53.8 Å². The van der Waals surface area contributed by atoms with Crippen molar-refractivity contribution in [3.05, 3.63) is 47.7 Å². The summed E-state index contributed by atoms with van der Waals surface area (Å²) in [4.78, 5) is 49.6. The van der Waals surface area contributed by atoms with Crippen molar-refractivity contribution in [1.82, 2.24) is 5.32 Å². The first kappa shape index (κ1) is 26.0. The van der Waals surface area contributed by atoms with Gasteiger partial charge in [-0.05, 0) is 25.0 Å². The lowest BCUT2D eigenvalue weighted by atomic mass is 10.0. The fraction of sp³-hybridized carbons (Fsp3) is 0.458. The van der Waals surface area contributed by atoms with Gasteiger partial charge >= 0.3 is 23.9 Å². The zero-order chi connectivity index (χ0) is 25.8. The standard InChI is InChI=1S/C24H29N3O8/c1-4-14(5-2)22(30)33-13-15-12-18(20(34-15)27(3)11-10-19(25)26-24(27)32)35-23(31)17-9-7-6-8-16(17)21(28)29/h6-11,14-15,18,20H,4-5,12-13H2,1-3H3,(H2-,25,26,28,29,32)/p+1/t15-,18+,20+,27?/m0/s1. The fourth-order valence-electron chi connectivity index (χ4n) is 4.14. The molecule has 0 aliphatic carbocycles. The number of hydrogen-bond donors (Lipinski definition) is 3. The predicted octanol–water partition coefficient (Wildman–Crippen LogP) is 2.67. The number of rotatable bonds is 9. The number of esters is 2. The van der Waals surface area contributed by atoms with Gasteiger partial charge in [0.1, 0.15) is 24.7 Å². The quantitative estimate of drug-likeness (QED) is 0.354. The van der Waals surface area contributed by atoms with E-state index in [0.717, 1.165) is 0 Å². The van der Waals surface area contributed by atoms with E-state index in [1.54, 1.807) is 0 Å². The molecule has 3 N–H and O–H groups in total. The Bertz CT molecular complexity index is 1050. The van der Waals surface area contributed by atoms with Crippen molar-refractivity contribution in [2.75, 3.05) is 13.7 Å². The normalized spacial score (nSPS) is 25.9. The summed E-state index contributed by atoms with van der Waals surface area (Å²) >= 11 is 0. The number of carboxylic acid groups (broad SMARTS) is 1. The highest BCUT2D eigenvalue weighted by atomic mass is 16.6. The number of ether oxygens (including phenoxy) is 3. The number of likely N-dealkylation sites (N-methyl/N-ethyl adjacent to an activating group) is 1. The molecule has 11 heteroatoms. The highest BCUT2D eigenvalue weighted by Gasteiger charge is 2.54. The average Bonchev–Trinajstić information content (AvgIpc) is 3.24. The minimum absolute atomic E-state index is 0.0905. The van der Waals surface area contributed by atoms with Gasteiger partial charge in [-0.25, -0.2) is 14.4 Å². The molecular weight excluding hydrogens is 458 g/mol. The highest BCUT2D eigenvalue weighted by molar-refractivity contribution is 6.03. The molecule has 35 heavy (non-hydrogen) atoms. The van der Waals surface area contributed by atoms with Crippen LogP contribution >= 0.6 is 0 Å². The van der Waals surface area contributed by atoms with Crippen molar-refractivity contribution < 1.29 is 43.0 Å². The van der Waals surface area contributed by atoms with E-state index in [1.165, 1.54) is 43.6 Å². The second-order valence-electron chi connectivity index (χ2n) is 8.63. The van der Waals surface area contributed by atoms with E-state index >= 15 is 0 Å². The number of hydrogen-bond acceptors (Lipinski definition) is 8. The van der Waals surface area contributed by atoms with E-state index < -0.39 is 40.9 Å². The number of carbonyl (C=O) groups excluding carboxylic acids is 3. The van der Waals surface area contributed by atoms with E-state index in [1.807, 2.05) is 13.8 Å². The number of quaternary nitrogens is 1. The molecule has 188 valence electrons. The molecule has 1 aromatic carbocycles. The Hall–Kier alpha value is -3.57. The molecule has 2 heterocycles. The molecule has 2 aliphatic heterocycles. The Morgan fingerprint density at radius 2 is 1.89 bits per heavy atom. The van der Waals surface area contributed by atoms with Gasteiger partial charge in [0.05, 0.1) is 24.1 Å². The van der Waals surface area contributed by atoms with Crippen molar-refractivity contribution >= 4 is 29.8 Å². The van der Waals surface area contributed by atoms with Gasteiger partial charge in [0.25, 0.3) is 0 Å². The Morgan fingerprint density at radius 1 is 1.23 bits per heavy atom. The molecule has 0 aromatic heterocycles. The molecule has 1 fully saturated rings. The zero-order valence-corrected chi connectivity index (χ0v) is 19.9. The molecule has 11 nitrogen and oxygen atoms in total. The number of carboxylic acids is 1. The maximum atomic E-state index is 12.9. The van der Waals surface area contributed by atoms with Gasteiger partial charge in [-0.1, -0.05) is 26.0 Å². The van der Waals surface area contributed by atoms with Crippen LogP contribution in [-0.2, 0) is 19.0 Å². The third-order valence-electron chi connectivity index (χ3n) is 6.27. The van der Waals surface area contributed by atoms with E-state index in [0.29, 0.717) is 12.8 Å². The number of nitrogens with one attached hydrogen (secondary N) is 2.